The van der Waals surface area contributed by atoms with Crippen molar-refractivity contribution in [1.29, 1.82) is 0 Å². The minimum absolute atomic E-state index is 0.00783. The molecule has 162 valence electrons. The van der Waals surface area contributed by atoms with Gasteiger partial charge < -0.3 is 14.4 Å². The number of hydrogen-bond acceptors (Lipinski definition) is 6. The van der Waals surface area contributed by atoms with Crippen LogP contribution in [0.4, 0.5) is 0 Å². The Kier molecular flexibility index (Phi) is 7.27. The highest BCUT2D eigenvalue weighted by atomic mass is 32.2. The van der Waals surface area contributed by atoms with E-state index in [9.17, 15) is 13.2 Å². The average Bonchev–Trinajstić information content (AvgIpc) is 2.79. The zero-order valence-electron chi connectivity index (χ0n) is 17.3. The number of rotatable bonds is 7. The van der Waals surface area contributed by atoms with Crippen molar-refractivity contribution >= 4 is 27.7 Å². The number of benzene rings is 2. The molecule has 0 N–H and O–H groups in total. The number of piperazine rings is 1. The van der Waals surface area contributed by atoms with E-state index >= 15 is 0 Å². The van der Waals surface area contributed by atoms with Crippen molar-refractivity contribution in [2.75, 3.05) is 40.4 Å². The molecular weight excluding hydrogens is 424 g/mol. The number of hydrogen-bond donors (Lipinski definition) is 0. The maximum atomic E-state index is 12.9. The SMILES string of the molecule is COc1ccc(SC(C)C(=O)N2CCN(S(=O)(=O)c3ccccc3)CC2)cc1OC. The van der Waals surface area contributed by atoms with Gasteiger partial charge in [0.25, 0.3) is 0 Å². The number of carbonyl (C=O) groups is 1. The van der Waals surface area contributed by atoms with E-state index < -0.39 is 10.0 Å². The molecule has 1 aliphatic heterocycles. The van der Waals surface area contributed by atoms with Gasteiger partial charge in [-0.15, -0.1) is 11.8 Å². The van der Waals surface area contributed by atoms with E-state index in [1.54, 1.807) is 49.5 Å². The van der Waals surface area contributed by atoms with Gasteiger partial charge in [0.15, 0.2) is 11.5 Å². The first-order chi connectivity index (χ1) is 14.4. The molecule has 30 heavy (non-hydrogen) atoms. The molecule has 0 aromatic heterocycles. The second kappa shape index (κ2) is 9.72. The van der Waals surface area contributed by atoms with E-state index in [-0.39, 0.29) is 29.1 Å². The molecule has 1 atom stereocenters. The third-order valence-electron chi connectivity index (χ3n) is 4.95. The molecule has 1 amide bonds. The summed E-state index contributed by atoms with van der Waals surface area (Å²) in [6.45, 7) is 3.19. The van der Waals surface area contributed by atoms with Crippen LogP contribution in [-0.2, 0) is 14.8 Å². The van der Waals surface area contributed by atoms with Gasteiger partial charge in [-0.25, -0.2) is 8.42 Å². The lowest BCUT2D eigenvalue weighted by molar-refractivity contribution is -0.131. The summed E-state index contributed by atoms with van der Waals surface area (Å²) in [4.78, 5) is 15.8. The van der Waals surface area contributed by atoms with Gasteiger partial charge in [-0.3, -0.25) is 4.79 Å². The molecule has 0 saturated carbocycles. The van der Waals surface area contributed by atoms with Crippen LogP contribution in [0, 0.1) is 0 Å². The Morgan fingerprint density at radius 2 is 1.60 bits per heavy atom. The molecular formula is C21H26N2O5S2. The van der Waals surface area contributed by atoms with Gasteiger partial charge in [0, 0.05) is 31.1 Å². The van der Waals surface area contributed by atoms with Crippen LogP contribution in [-0.4, -0.2) is 69.2 Å². The molecule has 7 nitrogen and oxygen atoms in total. The van der Waals surface area contributed by atoms with Gasteiger partial charge in [-0.1, -0.05) is 18.2 Å². The quantitative estimate of drug-likeness (QED) is 0.604. The van der Waals surface area contributed by atoms with Crippen LogP contribution in [0.3, 0.4) is 0 Å². The van der Waals surface area contributed by atoms with E-state index in [0.717, 1.165) is 4.90 Å². The van der Waals surface area contributed by atoms with E-state index in [0.29, 0.717) is 24.6 Å². The lowest BCUT2D eigenvalue weighted by Gasteiger charge is -2.35. The first-order valence-corrected chi connectivity index (χ1v) is 11.9. The zero-order valence-corrected chi connectivity index (χ0v) is 18.9. The molecule has 2 aromatic rings. The Bertz CT molecular complexity index is 974. The number of sulfonamides is 1. The highest BCUT2D eigenvalue weighted by Crippen LogP contribution is 2.34. The smallest absolute Gasteiger partial charge is 0.243 e. The van der Waals surface area contributed by atoms with Gasteiger partial charge in [-0.2, -0.15) is 4.31 Å². The molecule has 1 aliphatic rings. The molecule has 1 saturated heterocycles. The van der Waals surface area contributed by atoms with Crippen molar-refractivity contribution in [3.05, 3.63) is 48.5 Å². The Hall–Kier alpha value is -2.23. The molecule has 1 unspecified atom stereocenters. The second-order valence-corrected chi connectivity index (χ2v) is 10.2. The summed E-state index contributed by atoms with van der Waals surface area (Å²) in [5, 5.41) is -0.305. The molecule has 9 heteroatoms. The Balaban J connectivity index is 1.60. The lowest BCUT2D eigenvalue weighted by Crippen LogP contribution is -2.52. The minimum Gasteiger partial charge on any atom is -0.493 e. The summed E-state index contributed by atoms with van der Waals surface area (Å²) in [6, 6.07) is 13.9. The molecule has 3 rings (SSSR count). The van der Waals surface area contributed by atoms with Crippen LogP contribution in [0.25, 0.3) is 0 Å². The van der Waals surface area contributed by atoms with Gasteiger partial charge in [-0.05, 0) is 37.3 Å². The maximum Gasteiger partial charge on any atom is 0.243 e. The Morgan fingerprint density at radius 3 is 2.20 bits per heavy atom. The summed E-state index contributed by atoms with van der Waals surface area (Å²) in [6.07, 6.45) is 0. The standard InChI is InChI=1S/C21H26N2O5S2/c1-16(29-17-9-10-19(27-2)20(15-17)28-3)21(24)22-11-13-23(14-12-22)30(25,26)18-7-5-4-6-8-18/h4-10,15-16H,11-14H2,1-3H3. The Morgan fingerprint density at radius 1 is 0.967 bits per heavy atom. The fourth-order valence-electron chi connectivity index (χ4n) is 3.29. The van der Waals surface area contributed by atoms with Crippen LogP contribution in [0.5, 0.6) is 11.5 Å². The van der Waals surface area contributed by atoms with Crippen LogP contribution in [0.15, 0.2) is 58.3 Å². The van der Waals surface area contributed by atoms with E-state index in [1.165, 1.54) is 16.1 Å². The molecule has 0 radical (unpaired) electrons. The van der Waals surface area contributed by atoms with Crippen LogP contribution in [0.2, 0.25) is 0 Å². The van der Waals surface area contributed by atoms with E-state index in [1.807, 2.05) is 25.1 Å². The van der Waals surface area contributed by atoms with E-state index in [2.05, 4.69) is 0 Å². The normalized spacial score (nSPS) is 16.2. The maximum absolute atomic E-state index is 12.9. The molecule has 0 bridgehead atoms. The fourth-order valence-corrected chi connectivity index (χ4v) is 5.71. The van der Waals surface area contributed by atoms with Gasteiger partial charge in [0.2, 0.25) is 15.9 Å². The van der Waals surface area contributed by atoms with Crippen molar-refractivity contribution in [2.24, 2.45) is 0 Å². The van der Waals surface area contributed by atoms with Gasteiger partial charge in [0.05, 0.1) is 24.4 Å². The topological polar surface area (TPSA) is 76.2 Å². The van der Waals surface area contributed by atoms with Crippen molar-refractivity contribution < 1.29 is 22.7 Å². The number of nitrogens with zero attached hydrogens (tertiary/aromatic N) is 2. The predicted octanol–water partition coefficient (Wildman–Crippen LogP) is 2.72. The molecule has 0 aliphatic carbocycles. The summed E-state index contributed by atoms with van der Waals surface area (Å²) in [7, 11) is -0.379. The van der Waals surface area contributed by atoms with E-state index in [4.69, 9.17) is 9.47 Å². The largest absolute Gasteiger partial charge is 0.493 e. The molecule has 2 aromatic carbocycles. The van der Waals surface area contributed by atoms with Crippen molar-refractivity contribution in [3.8, 4) is 11.5 Å². The molecule has 0 spiro atoms. The lowest BCUT2D eigenvalue weighted by atomic mass is 10.3. The predicted molar refractivity (Wildman–Crippen MR) is 117 cm³/mol. The number of ether oxygens (including phenoxy) is 2. The fraction of sp³-hybridized carbons (Fsp3) is 0.381. The second-order valence-electron chi connectivity index (χ2n) is 6.82. The number of carbonyl (C=O) groups excluding carboxylic acids is 1. The van der Waals surface area contributed by atoms with Crippen molar-refractivity contribution in [1.82, 2.24) is 9.21 Å². The van der Waals surface area contributed by atoms with Gasteiger partial charge >= 0.3 is 0 Å². The summed E-state index contributed by atoms with van der Waals surface area (Å²) >= 11 is 1.44. The van der Waals surface area contributed by atoms with Crippen LogP contribution < -0.4 is 9.47 Å². The first-order valence-electron chi connectivity index (χ1n) is 9.59. The molecule has 1 fully saturated rings. The van der Waals surface area contributed by atoms with Crippen molar-refractivity contribution in [2.45, 2.75) is 22.0 Å². The number of amides is 1. The van der Waals surface area contributed by atoms with Crippen LogP contribution >= 0.6 is 11.8 Å². The molecule has 1 heterocycles. The summed E-state index contributed by atoms with van der Waals surface area (Å²) < 4.78 is 37.5. The average molecular weight is 451 g/mol. The number of methoxy groups -OCH3 is 2. The van der Waals surface area contributed by atoms with Crippen LogP contribution in [0.1, 0.15) is 6.92 Å². The first kappa shape index (κ1) is 22.5. The van der Waals surface area contributed by atoms with Gasteiger partial charge in [0.1, 0.15) is 0 Å². The highest BCUT2D eigenvalue weighted by molar-refractivity contribution is 8.00. The van der Waals surface area contributed by atoms with Crippen molar-refractivity contribution in [3.63, 3.8) is 0 Å². The zero-order chi connectivity index (χ0) is 21.7. The Labute approximate surface area is 182 Å². The third kappa shape index (κ3) is 4.91. The minimum atomic E-state index is -3.53. The number of thioether (sulfide) groups is 1. The monoisotopic (exact) mass is 450 g/mol. The third-order valence-corrected chi connectivity index (χ3v) is 7.94. The summed E-state index contributed by atoms with van der Waals surface area (Å²) in [5.74, 6) is 1.24. The highest BCUT2D eigenvalue weighted by Gasteiger charge is 2.31. The summed E-state index contributed by atoms with van der Waals surface area (Å²) in [5.41, 5.74) is 0.